The maximum absolute atomic E-state index is 5.19. The summed E-state index contributed by atoms with van der Waals surface area (Å²) in [5.41, 5.74) is 5.47. The Labute approximate surface area is 159 Å². The molecule has 0 unspecified atom stereocenters. The molecule has 1 nitrogen and oxygen atoms in total. The van der Waals surface area contributed by atoms with Gasteiger partial charge in [-0.2, -0.15) is 0 Å². The molecule has 0 radical (unpaired) electrons. The van der Waals surface area contributed by atoms with Crippen molar-refractivity contribution in [1.82, 2.24) is 4.98 Å². The topological polar surface area (TPSA) is 12.9 Å². The predicted octanol–water partition coefficient (Wildman–Crippen LogP) is 6.73. The van der Waals surface area contributed by atoms with Crippen LogP contribution in [0.4, 0.5) is 0 Å². The van der Waals surface area contributed by atoms with Gasteiger partial charge in [0.25, 0.3) is 0 Å². The number of thioether (sulfide) groups is 1. The average Bonchev–Trinajstić information content (AvgIpc) is 2.68. The van der Waals surface area contributed by atoms with Crippen LogP contribution in [0.5, 0.6) is 0 Å². The van der Waals surface area contributed by atoms with Crippen molar-refractivity contribution in [3.8, 4) is 11.3 Å². The van der Waals surface area contributed by atoms with Crippen LogP contribution in [0.1, 0.15) is 42.7 Å². The van der Waals surface area contributed by atoms with E-state index in [1.54, 1.807) is 0 Å². The van der Waals surface area contributed by atoms with Crippen molar-refractivity contribution in [2.24, 2.45) is 11.3 Å². The van der Waals surface area contributed by atoms with Crippen LogP contribution in [0.3, 0.4) is 0 Å². The minimum Gasteiger partial charge on any atom is -0.251 e. The molecule has 3 aliphatic carbocycles. The molecule has 2 aromatic carbocycles. The number of pyridine rings is 1. The molecule has 1 fully saturated rings. The van der Waals surface area contributed by atoms with Crippen LogP contribution in [-0.2, 0) is 0 Å². The molecule has 130 valence electrons. The first-order chi connectivity index (χ1) is 12.6. The van der Waals surface area contributed by atoms with Gasteiger partial charge in [0.05, 0.1) is 16.6 Å². The van der Waals surface area contributed by atoms with E-state index in [9.17, 15) is 0 Å². The highest BCUT2D eigenvalue weighted by molar-refractivity contribution is 7.99. The lowest BCUT2D eigenvalue weighted by Gasteiger charge is -2.59. The van der Waals surface area contributed by atoms with Gasteiger partial charge in [-0.1, -0.05) is 68.4 Å². The molecular formula is C24H23NS. The Morgan fingerprint density at radius 3 is 2.27 bits per heavy atom. The molecule has 0 saturated heterocycles. The van der Waals surface area contributed by atoms with Crippen molar-refractivity contribution >= 4 is 11.8 Å². The van der Waals surface area contributed by atoms with Crippen molar-refractivity contribution in [2.45, 2.75) is 36.3 Å². The van der Waals surface area contributed by atoms with E-state index in [0.717, 1.165) is 5.69 Å². The lowest BCUT2D eigenvalue weighted by molar-refractivity contribution is 0.0144. The van der Waals surface area contributed by atoms with Gasteiger partial charge in [0.2, 0.25) is 0 Å². The van der Waals surface area contributed by atoms with Crippen LogP contribution in [0.2, 0.25) is 0 Å². The van der Waals surface area contributed by atoms with E-state index >= 15 is 0 Å². The summed E-state index contributed by atoms with van der Waals surface area (Å²) in [5, 5.41) is 0.441. The van der Waals surface area contributed by atoms with Crippen molar-refractivity contribution in [2.75, 3.05) is 0 Å². The zero-order valence-electron chi connectivity index (χ0n) is 15.2. The fourth-order valence-electron chi connectivity index (χ4n) is 4.75. The smallest absolute Gasteiger partial charge is 0.0706 e. The number of benzene rings is 2. The Kier molecular flexibility index (Phi) is 3.72. The highest BCUT2D eigenvalue weighted by Gasteiger charge is 2.57. The van der Waals surface area contributed by atoms with Gasteiger partial charge in [-0.25, -0.2) is 0 Å². The summed E-state index contributed by atoms with van der Waals surface area (Å²) >= 11 is 2.00. The molecule has 3 aliphatic rings. The van der Waals surface area contributed by atoms with E-state index in [4.69, 9.17) is 4.98 Å². The minimum atomic E-state index is 0.370. The van der Waals surface area contributed by atoms with Crippen LogP contribution in [0.15, 0.2) is 77.7 Å². The SMILES string of the molecule is CC1(C)[C@@H]2C[C@H]1c1ccc(-c3ccccc3)nc1[C@H]2Sc1ccccc1. The van der Waals surface area contributed by atoms with Crippen molar-refractivity contribution < 1.29 is 0 Å². The van der Waals surface area contributed by atoms with Crippen molar-refractivity contribution in [3.05, 3.63) is 84.1 Å². The first kappa shape index (κ1) is 16.1. The van der Waals surface area contributed by atoms with E-state index in [-0.39, 0.29) is 0 Å². The molecular weight excluding hydrogens is 334 g/mol. The largest absolute Gasteiger partial charge is 0.251 e. The second-order valence-corrected chi connectivity index (χ2v) is 9.32. The molecule has 0 amide bonds. The second-order valence-electron chi connectivity index (χ2n) is 8.10. The van der Waals surface area contributed by atoms with Crippen molar-refractivity contribution in [1.29, 1.82) is 0 Å². The fraction of sp³-hybridized carbons (Fsp3) is 0.292. The lowest BCUT2D eigenvalue weighted by atomic mass is 9.48. The van der Waals surface area contributed by atoms with Crippen molar-refractivity contribution in [3.63, 3.8) is 0 Å². The highest BCUT2D eigenvalue weighted by Crippen LogP contribution is 2.69. The predicted molar refractivity (Wildman–Crippen MR) is 109 cm³/mol. The maximum atomic E-state index is 5.19. The standard InChI is InChI=1S/C24H23NS/c1-24(2)19-15-20(24)23(26-17-11-7-4-8-12-17)22-18(19)13-14-21(25-22)16-9-5-3-6-10-16/h3-14,19-20,23H,15H2,1-2H3/t19-,20+,23-/m0/s1. The van der Waals surface area contributed by atoms with E-state index < -0.39 is 0 Å². The lowest BCUT2D eigenvalue weighted by Crippen LogP contribution is -2.49. The number of rotatable bonds is 3. The van der Waals surface area contributed by atoms with Gasteiger partial charge in [-0.05, 0) is 47.4 Å². The number of hydrogen-bond donors (Lipinski definition) is 0. The molecule has 0 spiro atoms. The molecule has 2 bridgehead atoms. The average molecular weight is 358 g/mol. The van der Waals surface area contributed by atoms with Crippen LogP contribution in [0.25, 0.3) is 11.3 Å². The summed E-state index contributed by atoms with van der Waals surface area (Å²) in [6.45, 7) is 4.89. The van der Waals surface area contributed by atoms with Gasteiger partial charge >= 0.3 is 0 Å². The molecule has 1 heterocycles. The highest BCUT2D eigenvalue weighted by atomic mass is 32.2. The van der Waals surface area contributed by atoms with Gasteiger partial charge in [0.15, 0.2) is 0 Å². The van der Waals surface area contributed by atoms with E-state index in [1.165, 1.54) is 28.1 Å². The number of aromatic nitrogens is 1. The molecule has 0 N–H and O–H groups in total. The van der Waals surface area contributed by atoms with E-state index in [0.29, 0.717) is 22.5 Å². The Hall–Kier alpha value is -2.06. The van der Waals surface area contributed by atoms with E-state index in [2.05, 4.69) is 86.6 Å². The zero-order chi connectivity index (χ0) is 17.7. The molecule has 1 saturated carbocycles. The fourth-order valence-corrected chi connectivity index (χ4v) is 6.29. The molecule has 1 aromatic heterocycles. The molecule has 26 heavy (non-hydrogen) atoms. The molecule has 0 aliphatic heterocycles. The van der Waals surface area contributed by atoms with Gasteiger partial charge in [-0.3, -0.25) is 4.98 Å². The van der Waals surface area contributed by atoms with Gasteiger partial charge in [0, 0.05) is 10.5 Å². The third-order valence-corrected chi connectivity index (χ3v) is 7.74. The zero-order valence-corrected chi connectivity index (χ0v) is 16.0. The summed E-state index contributed by atoms with van der Waals surface area (Å²) in [7, 11) is 0. The number of hydrogen-bond acceptors (Lipinski definition) is 2. The minimum absolute atomic E-state index is 0.370. The summed E-state index contributed by atoms with van der Waals surface area (Å²) in [6, 6.07) is 25.9. The Bertz CT molecular complexity index is 933. The second kappa shape index (κ2) is 5.99. The summed E-state index contributed by atoms with van der Waals surface area (Å²) in [4.78, 5) is 6.53. The summed E-state index contributed by atoms with van der Waals surface area (Å²) in [6.07, 6.45) is 1.30. The quantitative estimate of drug-likeness (QED) is 0.516. The van der Waals surface area contributed by atoms with Crippen LogP contribution in [-0.4, -0.2) is 4.98 Å². The molecule has 3 aromatic rings. The van der Waals surface area contributed by atoms with Gasteiger partial charge < -0.3 is 0 Å². The third kappa shape index (κ3) is 2.43. The molecule has 3 atom stereocenters. The number of nitrogens with zero attached hydrogens (tertiary/aromatic N) is 1. The van der Waals surface area contributed by atoms with Crippen LogP contribution >= 0.6 is 11.8 Å². The normalized spacial score (nSPS) is 25.2. The van der Waals surface area contributed by atoms with E-state index in [1.807, 2.05) is 11.8 Å². The Morgan fingerprint density at radius 1 is 0.885 bits per heavy atom. The van der Waals surface area contributed by atoms with Crippen LogP contribution < -0.4 is 0 Å². The monoisotopic (exact) mass is 357 g/mol. The Morgan fingerprint density at radius 2 is 1.58 bits per heavy atom. The van der Waals surface area contributed by atoms with Gasteiger partial charge in [-0.15, -0.1) is 11.8 Å². The van der Waals surface area contributed by atoms with Crippen LogP contribution in [0, 0.1) is 11.3 Å². The summed E-state index contributed by atoms with van der Waals surface area (Å²) < 4.78 is 0. The molecule has 2 heteroatoms. The first-order valence-electron chi connectivity index (χ1n) is 9.42. The van der Waals surface area contributed by atoms with Gasteiger partial charge in [0.1, 0.15) is 0 Å². The third-order valence-electron chi connectivity index (χ3n) is 6.39. The maximum Gasteiger partial charge on any atom is 0.0706 e. The molecule has 6 rings (SSSR count). The summed E-state index contributed by atoms with van der Waals surface area (Å²) in [5.74, 6) is 1.36. The first-order valence-corrected chi connectivity index (χ1v) is 10.3. The Balaban J connectivity index is 1.60.